The summed E-state index contributed by atoms with van der Waals surface area (Å²) in [7, 11) is 1.64. The number of hydrogen-bond acceptors (Lipinski definition) is 6. The number of nitrogen functional groups attached to an aromatic ring is 1. The van der Waals surface area contributed by atoms with Crippen molar-refractivity contribution in [2.45, 2.75) is 12.2 Å². The van der Waals surface area contributed by atoms with Gasteiger partial charge in [0.2, 0.25) is 0 Å². The number of aromatic amines is 1. The number of rotatable bonds is 4. The fourth-order valence-electron chi connectivity index (χ4n) is 1.21. The highest BCUT2D eigenvalue weighted by molar-refractivity contribution is 5.51. The maximum absolute atomic E-state index is 9.68. The number of likely N-dealkylation sites (N-methyl/N-ethyl adjacent to an activating group) is 1. The minimum Gasteiger partial charge on any atom is -0.389 e. The monoisotopic (exact) mass is 211 g/mol. The molecule has 0 amide bonds. The van der Waals surface area contributed by atoms with Gasteiger partial charge in [-0.2, -0.15) is 10.4 Å². The summed E-state index contributed by atoms with van der Waals surface area (Å²) in [5, 5.41) is 36.6. The summed E-state index contributed by atoms with van der Waals surface area (Å²) in [6.45, 7) is 0.199. The second-order valence-electron chi connectivity index (χ2n) is 3.08. The van der Waals surface area contributed by atoms with E-state index in [0.717, 1.165) is 0 Å². The molecule has 6 N–H and O–H groups in total. The van der Waals surface area contributed by atoms with Gasteiger partial charge < -0.3 is 21.3 Å². The van der Waals surface area contributed by atoms with Crippen LogP contribution in [0.25, 0.3) is 0 Å². The predicted molar refractivity (Wildman–Crippen MR) is 52.6 cm³/mol. The third-order valence-electron chi connectivity index (χ3n) is 2.01. The fourth-order valence-corrected chi connectivity index (χ4v) is 1.21. The summed E-state index contributed by atoms with van der Waals surface area (Å²) in [6, 6.07) is 1.81. The summed E-state index contributed by atoms with van der Waals surface area (Å²) in [5.74, 6) is 0.0169. The molecule has 0 saturated carbocycles. The van der Waals surface area contributed by atoms with E-state index in [0.29, 0.717) is 0 Å². The lowest BCUT2D eigenvalue weighted by Crippen LogP contribution is -2.30. The van der Waals surface area contributed by atoms with E-state index in [1.165, 1.54) is 0 Å². The van der Waals surface area contributed by atoms with Crippen LogP contribution in [0, 0.1) is 11.3 Å². The summed E-state index contributed by atoms with van der Waals surface area (Å²) in [6.07, 6.45) is -2.24. The fraction of sp³-hybridized carbons (Fsp3) is 0.500. The zero-order valence-corrected chi connectivity index (χ0v) is 8.23. The Kier molecular flexibility index (Phi) is 3.62. The first kappa shape index (κ1) is 11.5. The van der Waals surface area contributed by atoms with Crippen molar-refractivity contribution >= 4 is 5.82 Å². The first-order chi connectivity index (χ1) is 7.11. The van der Waals surface area contributed by atoms with E-state index < -0.39 is 12.2 Å². The van der Waals surface area contributed by atoms with Gasteiger partial charge in [-0.15, -0.1) is 0 Å². The molecule has 0 saturated heterocycles. The Labute approximate surface area is 86.5 Å². The van der Waals surface area contributed by atoms with Gasteiger partial charge in [0.1, 0.15) is 17.7 Å². The number of aliphatic hydroxyl groups is 2. The van der Waals surface area contributed by atoms with Gasteiger partial charge in [-0.05, 0) is 7.05 Å². The van der Waals surface area contributed by atoms with Crippen LogP contribution in [0.2, 0.25) is 0 Å². The van der Waals surface area contributed by atoms with Crippen LogP contribution in [0.4, 0.5) is 5.82 Å². The lowest BCUT2D eigenvalue weighted by molar-refractivity contribution is 0.0175. The molecule has 0 aliphatic heterocycles. The Morgan fingerprint density at radius 2 is 2.33 bits per heavy atom. The van der Waals surface area contributed by atoms with Crippen molar-refractivity contribution in [2.24, 2.45) is 0 Å². The molecule has 0 fully saturated rings. The van der Waals surface area contributed by atoms with Crippen molar-refractivity contribution in [1.29, 1.82) is 5.26 Å². The van der Waals surface area contributed by atoms with E-state index in [4.69, 9.17) is 11.0 Å². The van der Waals surface area contributed by atoms with Crippen LogP contribution in [0.1, 0.15) is 17.4 Å². The number of hydrogen-bond donors (Lipinski definition) is 5. The van der Waals surface area contributed by atoms with Crippen LogP contribution in [-0.2, 0) is 0 Å². The van der Waals surface area contributed by atoms with E-state index in [9.17, 15) is 10.2 Å². The standard InChI is InChI=1S/C8H13N5O2/c1-11-3-5(14)7(15)6-4(2-9)8(10)13-12-6/h5,7,11,14-15H,3H2,1H3,(H3,10,12,13). The zero-order chi connectivity index (χ0) is 11.4. The van der Waals surface area contributed by atoms with Gasteiger partial charge in [0.15, 0.2) is 5.82 Å². The van der Waals surface area contributed by atoms with Gasteiger partial charge in [0.25, 0.3) is 0 Å². The van der Waals surface area contributed by atoms with Crippen molar-refractivity contribution in [3.8, 4) is 6.07 Å². The summed E-state index contributed by atoms with van der Waals surface area (Å²) in [4.78, 5) is 0. The molecule has 1 aromatic heterocycles. The molecule has 1 heterocycles. The summed E-state index contributed by atoms with van der Waals surface area (Å²) < 4.78 is 0. The first-order valence-corrected chi connectivity index (χ1v) is 4.36. The van der Waals surface area contributed by atoms with Crippen molar-refractivity contribution in [2.75, 3.05) is 19.3 Å². The van der Waals surface area contributed by atoms with Crippen LogP contribution >= 0.6 is 0 Å². The predicted octanol–water partition coefficient (Wildman–Crippen LogP) is -1.52. The average Bonchev–Trinajstić information content (AvgIpc) is 2.58. The van der Waals surface area contributed by atoms with Crippen molar-refractivity contribution in [3.05, 3.63) is 11.3 Å². The Bertz CT molecular complexity index is 370. The molecular formula is C8H13N5O2. The van der Waals surface area contributed by atoms with Gasteiger partial charge in [0, 0.05) is 6.54 Å². The molecule has 7 heteroatoms. The minimum absolute atomic E-state index is 0.0169. The number of aliphatic hydroxyl groups excluding tert-OH is 2. The lowest BCUT2D eigenvalue weighted by Gasteiger charge is -2.15. The second-order valence-corrected chi connectivity index (χ2v) is 3.08. The SMILES string of the molecule is CNCC(O)C(O)c1[nH]nc(N)c1C#N. The van der Waals surface area contributed by atoms with Crippen molar-refractivity contribution < 1.29 is 10.2 Å². The van der Waals surface area contributed by atoms with Crippen LogP contribution in [0.3, 0.4) is 0 Å². The Morgan fingerprint density at radius 1 is 1.67 bits per heavy atom. The molecule has 0 bridgehead atoms. The number of nitriles is 1. The molecule has 1 aromatic rings. The Balaban J connectivity index is 2.91. The maximum atomic E-state index is 9.68. The number of nitrogens with one attached hydrogen (secondary N) is 2. The summed E-state index contributed by atoms with van der Waals surface area (Å²) >= 11 is 0. The normalized spacial score (nSPS) is 14.5. The Morgan fingerprint density at radius 3 is 2.87 bits per heavy atom. The van der Waals surface area contributed by atoms with Crippen LogP contribution in [0.15, 0.2) is 0 Å². The highest BCUT2D eigenvalue weighted by atomic mass is 16.3. The second kappa shape index (κ2) is 4.75. The zero-order valence-electron chi connectivity index (χ0n) is 8.23. The minimum atomic E-state index is -1.21. The van der Waals surface area contributed by atoms with E-state index in [2.05, 4.69) is 15.5 Å². The lowest BCUT2D eigenvalue weighted by atomic mass is 10.1. The third-order valence-corrected chi connectivity index (χ3v) is 2.01. The van der Waals surface area contributed by atoms with Crippen LogP contribution in [0.5, 0.6) is 0 Å². The van der Waals surface area contributed by atoms with Crippen LogP contribution in [-0.4, -0.2) is 40.1 Å². The molecular weight excluding hydrogens is 198 g/mol. The molecule has 0 aliphatic carbocycles. The number of nitrogens with two attached hydrogens (primary N) is 1. The van der Waals surface area contributed by atoms with Crippen molar-refractivity contribution in [1.82, 2.24) is 15.5 Å². The number of nitrogens with zero attached hydrogens (tertiary/aromatic N) is 2. The number of anilines is 1. The molecule has 82 valence electrons. The van der Waals surface area contributed by atoms with E-state index in [-0.39, 0.29) is 23.6 Å². The van der Waals surface area contributed by atoms with Gasteiger partial charge >= 0.3 is 0 Å². The Hall–Kier alpha value is -1.62. The molecule has 0 spiro atoms. The molecule has 0 radical (unpaired) electrons. The van der Waals surface area contributed by atoms with Gasteiger partial charge in [-0.3, -0.25) is 5.10 Å². The molecule has 7 nitrogen and oxygen atoms in total. The van der Waals surface area contributed by atoms with Gasteiger partial charge in [-0.1, -0.05) is 0 Å². The molecule has 15 heavy (non-hydrogen) atoms. The molecule has 0 aromatic carbocycles. The van der Waals surface area contributed by atoms with E-state index in [1.54, 1.807) is 7.05 Å². The topological polar surface area (TPSA) is 131 Å². The smallest absolute Gasteiger partial charge is 0.163 e. The maximum Gasteiger partial charge on any atom is 0.163 e. The highest BCUT2D eigenvalue weighted by Crippen LogP contribution is 2.21. The molecule has 1 rings (SSSR count). The third kappa shape index (κ3) is 2.24. The molecule has 0 aliphatic rings. The first-order valence-electron chi connectivity index (χ1n) is 4.36. The highest BCUT2D eigenvalue weighted by Gasteiger charge is 2.24. The average molecular weight is 211 g/mol. The molecule has 2 atom stereocenters. The van der Waals surface area contributed by atoms with Gasteiger partial charge in [-0.25, -0.2) is 0 Å². The van der Waals surface area contributed by atoms with E-state index in [1.807, 2.05) is 6.07 Å². The number of H-pyrrole nitrogens is 1. The van der Waals surface area contributed by atoms with Crippen LogP contribution < -0.4 is 11.1 Å². The largest absolute Gasteiger partial charge is 0.389 e. The van der Waals surface area contributed by atoms with E-state index >= 15 is 0 Å². The summed E-state index contributed by atoms with van der Waals surface area (Å²) in [5.41, 5.74) is 5.59. The quantitative estimate of drug-likeness (QED) is 0.411. The van der Waals surface area contributed by atoms with Crippen molar-refractivity contribution in [3.63, 3.8) is 0 Å². The van der Waals surface area contributed by atoms with Gasteiger partial charge in [0.05, 0.1) is 11.8 Å². The number of aromatic nitrogens is 2. The molecule has 2 unspecified atom stereocenters.